The quantitative estimate of drug-likeness (QED) is 0.688. The van der Waals surface area contributed by atoms with Crippen LogP contribution in [0.1, 0.15) is 26.2 Å². The molecule has 4 heteroatoms. The fraction of sp³-hybridized carbons (Fsp3) is 0.909. The lowest BCUT2D eigenvalue weighted by Gasteiger charge is -2.15. The van der Waals surface area contributed by atoms with E-state index in [1.807, 2.05) is 6.92 Å². The first-order valence-electron chi connectivity index (χ1n) is 5.87. The van der Waals surface area contributed by atoms with E-state index < -0.39 is 0 Å². The van der Waals surface area contributed by atoms with E-state index in [2.05, 4.69) is 10.6 Å². The van der Waals surface area contributed by atoms with Gasteiger partial charge in [0.2, 0.25) is 5.91 Å². The topological polar surface area (TPSA) is 50.4 Å². The molecule has 2 fully saturated rings. The largest absolute Gasteiger partial charge is 0.377 e. The first-order chi connectivity index (χ1) is 7.25. The van der Waals surface area contributed by atoms with Gasteiger partial charge in [0.1, 0.15) is 0 Å². The Morgan fingerprint density at radius 1 is 1.40 bits per heavy atom. The molecule has 2 N–H and O–H groups in total. The highest BCUT2D eigenvalue weighted by Crippen LogP contribution is 2.27. The normalized spacial score (nSPS) is 30.5. The fourth-order valence-electron chi connectivity index (χ4n) is 1.87. The molecule has 2 aliphatic rings. The van der Waals surface area contributed by atoms with Crippen molar-refractivity contribution in [3.8, 4) is 0 Å². The van der Waals surface area contributed by atoms with Crippen LogP contribution in [-0.4, -0.2) is 37.7 Å². The molecule has 0 radical (unpaired) electrons. The van der Waals surface area contributed by atoms with Crippen LogP contribution in [0.3, 0.4) is 0 Å². The predicted molar refractivity (Wildman–Crippen MR) is 57.6 cm³/mol. The van der Waals surface area contributed by atoms with Crippen molar-refractivity contribution in [1.29, 1.82) is 0 Å². The van der Waals surface area contributed by atoms with Gasteiger partial charge in [-0.05, 0) is 32.1 Å². The molecule has 1 aliphatic heterocycles. The second-order valence-corrected chi connectivity index (χ2v) is 4.60. The minimum Gasteiger partial charge on any atom is -0.377 e. The Balaban J connectivity index is 1.57. The van der Waals surface area contributed by atoms with E-state index in [9.17, 15) is 4.79 Å². The number of carbonyl (C=O) groups excluding carboxylic acids is 1. The summed E-state index contributed by atoms with van der Waals surface area (Å²) in [5.41, 5.74) is 0. The third-order valence-electron chi connectivity index (χ3n) is 3.19. The van der Waals surface area contributed by atoms with Crippen LogP contribution in [0, 0.1) is 5.92 Å². The van der Waals surface area contributed by atoms with Gasteiger partial charge < -0.3 is 15.4 Å². The molecule has 2 atom stereocenters. The summed E-state index contributed by atoms with van der Waals surface area (Å²) in [7, 11) is 0. The van der Waals surface area contributed by atoms with E-state index in [4.69, 9.17) is 4.74 Å². The fourth-order valence-corrected chi connectivity index (χ4v) is 1.87. The Hall–Kier alpha value is -0.610. The second kappa shape index (κ2) is 4.94. The predicted octanol–water partition coefficient (Wildman–Crippen LogP) is 0.280. The number of carbonyl (C=O) groups is 1. The first-order valence-corrected chi connectivity index (χ1v) is 5.87. The van der Waals surface area contributed by atoms with Crippen LogP contribution in [0.5, 0.6) is 0 Å². The van der Waals surface area contributed by atoms with E-state index in [1.54, 1.807) is 0 Å². The lowest BCUT2D eigenvalue weighted by atomic mass is 10.1. The SMILES string of the molecule is CC1OCCC1NCC(=O)NCC1CC1. The average molecular weight is 212 g/mol. The number of hydrogen-bond donors (Lipinski definition) is 2. The summed E-state index contributed by atoms with van der Waals surface area (Å²) in [4.78, 5) is 11.4. The number of nitrogens with one attached hydrogen (secondary N) is 2. The number of rotatable bonds is 5. The Labute approximate surface area is 90.8 Å². The van der Waals surface area contributed by atoms with E-state index in [-0.39, 0.29) is 12.0 Å². The highest BCUT2D eigenvalue weighted by Gasteiger charge is 2.25. The molecule has 1 saturated carbocycles. The van der Waals surface area contributed by atoms with Gasteiger partial charge in [-0.2, -0.15) is 0 Å². The molecule has 2 unspecified atom stereocenters. The second-order valence-electron chi connectivity index (χ2n) is 4.60. The first kappa shape index (κ1) is 10.9. The molecule has 0 aromatic heterocycles. The molecule has 1 saturated heterocycles. The van der Waals surface area contributed by atoms with Gasteiger partial charge >= 0.3 is 0 Å². The maximum Gasteiger partial charge on any atom is 0.233 e. The maximum absolute atomic E-state index is 11.4. The summed E-state index contributed by atoms with van der Waals surface area (Å²) in [6.07, 6.45) is 3.81. The highest BCUT2D eigenvalue weighted by atomic mass is 16.5. The third kappa shape index (κ3) is 3.47. The smallest absolute Gasteiger partial charge is 0.233 e. The van der Waals surface area contributed by atoms with Crippen molar-refractivity contribution in [3.63, 3.8) is 0 Å². The lowest BCUT2D eigenvalue weighted by molar-refractivity contribution is -0.120. The summed E-state index contributed by atoms with van der Waals surface area (Å²) < 4.78 is 5.41. The Morgan fingerprint density at radius 2 is 2.20 bits per heavy atom. The molecule has 1 aliphatic carbocycles. The molecule has 0 spiro atoms. The lowest BCUT2D eigenvalue weighted by Crippen LogP contribution is -2.42. The van der Waals surface area contributed by atoms with E-state index >= 15 is 0 Å². The van der Waals surface area contributed by atoms with Crippen molar-refractivity contribution in [3.05, 3.63) is 0 Å². The summed E-state index contributed by atoms with van der Waals surface area (Å²) in [5.74, 6) is 0.865. The molecule has 86 valence electrons. The zero-order valence-corrected chi connectivity index (χ0v) is 9.29. The van der Waals surface area contributed by atoms with Gasteiger partial charge in [-0.1, -0.05) is 0 Å². The zero-order valence-electron chi connectivity index (χ0n) is 9.29. The van der Waals surface area contributed by atoms with Gasteiger partial charge in [-0.25, -0.2) is 0 Å². The van der Waals surface area contributed by atoms with Crippen molar-refractivity contribution < 1.29 is 9.53 Å². The van der Waals surface area contributed by atoms with Crippen molar-refractivity contribution in [2.45, 2.75) is 38.3 Å². The maximum atomic E-state index is 11.4. The van der Waals surface area contributed by atoms with Gasteiger partial charge in [-0.15, -0.1) is 0 Å². The van der Waals surface area contributed by atoms with Crippen LogP contribution in [0.25, 0.3) is 0 Å². The molecular weight excluding hydrogens is 192 g/mol. The number of hydrogen-bond acceptors (Lipinski definition) is 3. The summed E-state index contributed by atoms with van der Waals surface area (Å²) in [6.45, 7) is 4.14. The molecule has 15 heavy (non-hydrogen) atoms. The molecule has 0 aromatic rings. The van der Waals surface area contributed by atoms with Crippen LogP contribution in [0.2, 0.25) is 0 Å². The van der Waals surface area contributed by atoms with Gasteiger partial charge in [-0.3, -0.25) is 4.79 Å². The van der Waals surface area contributed by atoms with E-state index in [0.717, 1.165) is 25.5 Å². The van der Waals surface area contributed by atoms with Crippen LogP contribution < -0.4 is 10.6 Å². The standard InChI is InChI=1S/C11H20N2O2/c1-8-10(4-5-15-8)12-7-11(14)13-6-9-2-3-9/h8-10,12H,2-7H2,1H3,(H,13,14). The van der Waals surface area contributed by atoms with Crippen molar-refractivity contribution in [1.82, 2.24) is 10.6 Å². The van der Waals surface area contributed by atoms with Crippen molar-refractivity contribution >= 4 is 5.91 Å². The van der Waals surface area contributed by atoms with Crippen LogP contribution >= 0.6 is 0 Å². The van der Waals surface area contributed by atoms with E-state index in [1.165, 1.54) is 12.8 Å². The van der Waals surface area contributed by atoms with Gasteiger partial charge in [0, 0.05) is 19.2 Å². The molecule has 0 aromatic carbocycles. The highest BCUT2D eigenvalue weighted by molar-refractivity contribution is 5.78. The van der Waals surface area contributed by atoms with Crippen LogP contribution in [0.4, 0.5) is 0 Å². The Bertz CT molecular complexity index is 229. The average Bonchev–Trinajstić information content (AvgIpc) is 2.96. The van der Waals surface area contributed by atoms with Crippen LogP contribution in [0.15, 0.2) is 0 Å². The van der Waals surface area contributed by atoms with Gasteiger partial charge in [0.05, 0.1) is 12.6 Å². The summed E-state index contributed by atoms with van der Waals surface area (Å²) in [5, 5.41) is 6.18. The van der Waals surface area contributed by atoms with Gasteiger partial charge in [0.25, 0.3) is 0 Å². The molecule has 1 amide bonds. The summed E-state index contributed by atoms with van der Waals surface area (Å²) >= 11 is 0. The van der Waals surface area contributed by atoms with Crippen molar-refractivity contribution in [2.75, 3.05) is 19.7 Å². The minimum atomic E-state index is 0.112. The molecule has 4 nitrogen and oxygen atoms in total. The van der Waals surface area contributed by atoms with Crippen molar-refractivity contribution in [2.24, 2.45) is 5.92 Å². The molecule has 0 bridgehead atoms. The zero-order chi connectivity index (χ0) is 10.7. The van der Waals surface area contributed by atoms with Crippen LogP contribution in [-0.2, 0) is 9.53 Å². The molecular formula is C11H20N2O2. The minimum absolute atomic E-state index is 0.112. The molecule has 1 heterocycles. The number of ether oxygens (including phenoxy) is 1. The molecule has 2 rings (SSSR count). The Kier molecular flexibility index (Phi) is 3.59. The Morgan fingerprint density at radius 3 is 2.80 bits per heavy atom. The van der Waals surface area contributed by atoms with Gasteiger partial charge in [0.15, 0.2) is 0 Å². The van der Waals surface area contributed by atoms with E-state index in [0.29, 0.717) is 12.6 Å². The third-order valence-corrected chi connectivity index (χ3v) is 3.19. The monoisotopic (exact) mass is 212 g/mol. The number of amides is 1. The summed E-state index contributed by atoms with van der Waals surface area (Å²) in [6, 6.07) is 0.344.